The smallest absolute Gasteiger partial charge is 0.312 e. The van der Waals surface area contributed by atoms with Gasteiger partial charge in [-0.05, 0) is 113 Å². The molecule has 0 aliphatic carbocycles. The third-order valence-corrected chi connectivity index (χ3v) is 15.7. The average Bonchev–Trinajstić information content (AvgIpc) is 4.48. The molecule has 0 aromatic heterocycles. The van der Waals surface area contributed by atoms with Crippen LogP contribution in [0.15, 0.2) is 168 Å². The number of epoxide rings is 2. The molecule has 4 heterocycles. The van der Waals surface area contributed by atoms with Gasteiger partial charge in [-0.3, -0.25) is 14.4 Å². The van der Waals surface area contributed by atoms with Crippen molar-refractivity contribution in [1.82, 2.24) is 0 Å². The highest BCUT2D eigenvalue weighted by molar-refractivity contribution is 5.94. The highest BCUT2D eigenvalue weighted by Gasteiger charge is 2.58. The zero-order valence-corrected chi connectivity index (χ0v) is 48.3. The molecule has 1 N–H and O–H groups in total. The van der Waals surface area contributed by atoms with Crippen molar-refractivity contribution in [3.63, 3.8) is 0 Å². The van der Waals surface area contributed by atoms with Crippen molar-refractivity contribution >= 4 is 17.7 Å². The monoisotopic (exact) mass is 1090 g/mol. The molecule has 0 radical (unpaired) electrons. The van der Waals surface area contributed by atoms with Gasteiger partial charge in [-0.15, -0.1) is 0 Å². The highest BCUT2D eigenvalue weighted by Crippen LogP contribution is 2.42. The SMILES string of the molecule is CC[C@H]1OC(=O)[C@H](C)[C@@H]2O[C@H]2C(=O)[C@](C)(OCc2ccccc2)C[C@@H](C)[C@H](OCc2ccccc2)C=C=C=C1C.CC[C@H]1OC(=O)[C@H](C)[C@@H]2O[C@H]2[C@@H](O)[C@](C)(OCc2ccccc2)C[C@@H](C)[C@H](OCc2ccccc2)C=C=C=C1C. The molecular formula is C68H82O12. The molecular weight excluding hydrogens is 1010 g/mol. The molecule has 80 heavy (non-hydrogen) atoms. The number of cyclic esters (lactones) is 2. The van der Waals surface area contributed by atoms with Crippen LogP contribution in [0.3, 0.4) is 0 Å². The van der Waals surface area contributed by atoms with E-state index in [9.17, 15) is 19.5 Å². The Labute approximate surface area is 474 Å². The number of hydrogen-bond donors (Lipinski definition) is 1. The summed E-state index contributed by atoms with van der Waals surface area (Å²) in [6.45, 7) is 20.6. The second-order valence-corrected chi connectivity index (χ2v) is 22.4. The molecule has 0 bridgehead atoms. The van der Waals surface area contributed by atoms with Gasteiger partial charge >= 0.3 is 11.9 Å². The number of carbonyl (C=O) groups excluding carboxylic acids is 3. The van der Waals surface area contributed by atoms with E-state index in [0.29, 0.717) is 45.5 Å². The van der Waals surface area contributed by atoms with E-state index in [1.54, 1.807) is 13.8 Å². The van der Waals surface area contributed by atoms with E-state index < -0.39 is 71.7 Å². The number of ether oxygens (including phenoxy) is 8. The summed E-state index contributed by atoms with van der Waals surface area (Å²) in [6.07, 6.45) is 1.07. The van der Waals surface area contributed by atoms with Crippen molar-refractivity contribution in [2.75, 3.05) is 0 Å². The molecule has 2 saturated heterocycles. The van der Waals surface area contributed by atoms with E-state index in [0.717, 1.165) is 33.4 Å². The fourth-order valence-electron chi connectivity index (χ4n) is 10.4. The zero-order valence-electron chi connectivity index (χ0n) is 48.3. The highest BCUT2D eigenvalue weighted by atomic mass is 16.6. The lowest BCUT2D eigenvalue weighted by atomic mass is 9.82. The van der Waals surface area contributed by atoms with Gasteiger partial charge in [-0.25, -0.2) is 0 Å². The number of esters is 2. The number of Topliss-reactive ketones (excluding diaryl/α,β-unsaturated/α-hetero) is 1. The lowest BCUT2D eigenvalue weighted by molar-refractivity contribution is -0.153. The lowest BCUT2D eigenvalue weighted by Gasteiger charge is -2.38. The molecule has 15 atom stereocenters. The van der Waals surface area contributed by atoms with Crippen molar-refractivity contribution in [3.05, 3.63) is 190 Å². The summed E-state index contributed by atoms with van der Waals surface area (Å²) in [5.74, 6) is -2.18. The van der Waals surface area contributed by atoms with Gasteiger partial charge in [0.2, 0.25) is 0 Å². The summed E-state index contributed by atoms with van der Waals surface area (Å²) in [5, 5.41) is 11.7. The van der Waals surface area contributed by atoms with E-state index in [2.05, 4.69) is 36.8 Å². The Morgan fingerprint density at radius 2 is 0.938 bits per heavy atom. The van der Waals surface area contributed by atoms with Crippen LogP contribution in [0.25, 0.3) is 0 Å². The minimum absolute atomic E-state index is 0.0478. The molecule has 4 aliphatic rings. The van der Waals surface area contributed by atoms with Crippen LogP contribution in [0, 0.1) is 23.7 Å². The second-order valence-electron chi connectivity index (χ2n) is 22.4. The zero-order chi connectivity index (χ0) is 57.4. The number of aliphatic hydroxyl groups excluding tert-OH is 1. The van der Waals surface area contributed by atoms with Gasteiger partial charge in [-0.2, -0.15) is 0 Å². The van der Waals surface area contributed by atoms with E-state index in [-0.39, 0.29) is 42.4 Å². The third kappa shape index (κ3) is 16.9. The Morgan fingerprint density at radius 3 is 1.38 bits per heavy atom. The van der Waals surface area contributed by atoms with Crippen molar-refractivity contribution < 1.29 is 57.4 Å². The number of hydrogen-bond acceptors (Lipinski definition) is 12. The van der Waals surface area contributed by atoms with Gasteiger partial charge in [0.25, 0.3) is 0 Å². The quantitative estimate of drug-likeness (QED) is 0.0727. The second kappa shape index (κ2) is 29.0. The minimum atomic E-state index is -1.16. The summed E-state index contributed by atoms with van der Waals surface area (Å²) >= 11 is 0. The Bertz CT molecular complexity index is 2860. The van der Waals surface area contributed by atoms with Crippen molar-refractivity contribution in [1.29, 1.82) is 0 Å². The first-order valence-corrected chi connectivity index (χ1v) is 28.4. The van der Waals surface area contributed by atoms with Crippen LogP contribution in [-0.4, -0.2) is 89.0 Å². The van der Waals surface area contributed by atoms with Crippen LogP contribution in [0.5, 0.6) is 0 Å². The number of carbonyl (C=O) groups is 3. The number of aliphatic hydroxyl groups is 1. The maximum Gasteiger partial charge on any atom is 0.312 e. The predicted molar refractivity (Wildman–Crippen MR) is 305 cm³/mol. The molecule has 4 aromatic carbocycles. The third-order valence-electron chi connectivity index (χ3n) is 15.7. The molecule has 8 rings (SSSR count). The van der Waals surface area contributed by atoms with Crippen LogP contribution in [0.1, 0.15) is 117 Å². The number of ketones is 1. The predicted octanol–water partition coefficient (Wildman–Crippen LogP) is 12.1. The van der Waals surface area contributed by atoms with E-state index in [1.165, 1.54) is 0 Å². The molecule has 0 amide bonds. The summed E-state index contributed by atoms with van der Waals surface area (Å²) in [7, 11) is 0. The minimum Gasteiger partial charge on any atom is -0.457 e. The first kappa shape index (κ1) is 61.4. The Hall–Kier alpha value is -6.19. The topological polar surface area (TPSA) is 152 Å². The van der Waals surface area contributed by atoms with Gasteiger partial charge in [0.15, 0.2) is 5.78 Å². The van der Waals surface area contributed by atoms with Gasteiger partial charge in [-0.1, -0.05) is 172 Å². The van der Waals surface area contributed by atoms with Gasteiger partial charge in [0.1, 0.15) is 42.2 Å². The maximum absolute atomic E-state index is 13.9. The molecule has 0 unspecified atom stereocenters. The number of fused-ring (bicyclic) bond motifs is 2. The fraction of sp³-hybridized carbons (Fsp3) is 0.485. The standard InChI is InChI=1S/C34H42O6.C34H40O6/c2*1-6-28-23(2)14-13-19-29(37-21-26-15-9-7-10-16-26)24(3)20-34(5,38-22-27-17-11-8-12-18-27)32(35)31-30(40-31)25(4)33(36)39-28/h7-12,15-19,24-25,28-32,35H,6,20-22H2,1-5H3;7-12,15-19,24-25,28-31H,6,20-22H2,1-5H3/t24-,25-,28-,29-,30+,31-,32-,34-;24-,25-,28-,29-,30+,31-,34-/m11/s1. The molecule has 0 saturated carbocycles. The average molecular weight is 1090 g/mol. The molecule has 12 nitrogen and oxygen atoms in total. The summed E-state index contributed by atoms with van der Waals surface area (Å²) in [4.78, 5) is 39.9. The maximum atomic E-state index is 13.9. The van der Waals surface area contributed by atoms with Crippen LogP contribution >= 0.6 is 0 Å². The van der Waals surface area contributed by atoms with Crippen molar-refractivity contribution in [2.24, 2.45) is 23.7 Å². The summed E-state index contributed by atoms with van der Waals surface area (Å²) < 4.78 is 49.0. The van der Waals surface area contributed by atoms with Crippen LogP contribution in [-0.2, 0) is 78.7 Å². The molecule has 0 spiro atoms. The molecule has 12 heteroatoms. The number of rotatable bonds is 14. The van der Waals surface area contributed by atoms with Gasteiger partial charge in [0.05, 0.1) is 62.2 Å². The Balaban J connectivity index is 0.000000231. The lowest BCUT2D eigenvalue weighted by Crippen LogP contribution is -2.48. The van der Waals surface area contributed by atoms with Crippen molar-refractivity contribution in [2.45, 2.75) is 187 Å². The van der Waals surface area contributed by atoms with E-state index in [1.807, 2.05) is 175 Å². The molecule has 4 aromatic rings. The largest absolute Gasteiger partial charge is 0.457 e. The van der Waals surface area contributed by atoms with Gasteiger partial charge in [0, 0.05) is 11.1 Å². The van der Waals surface area contributed by atoms with E-state index >= 15 is 0 Å². The Kier molecular flexibility index (Phi) is 22.3. The first-order chi connectivity index (χ1) is 38.4. The summed E-state index contributed by atoms with van der Waals surface area (Å²) in [6, 6.07) is 39.6. The van der Waals surface area contributed by atoms with Gasteiger partial charge < -0.3 is 43.0 Å². The Morgan fingerprint density at radius 1 is 0.537 bits per heavy atom. The van der Waals surface area contributed by atoms with Crippen LogP contribution in [0.4, 0.5) is 0 Å². The molecule has 2 fully saturated rings. The fourth-order valence-corrected chi connectivity index (χ4v) is 10.4. The summed E-state index contributed by atoms with van der Waals surface area (Å²) in [5.41, 5.74) is 16.2. The van der Waals surface area contributed by atoms with Crippen LogP contribution in [0.2, 0.25) is 0 Å². The van der Waals surface area contributed by atoms with E-state index in [4.69, 9.17) is 37.9 Å². The van der Waals surface area contributed by atoms with Crippen LogP contribution < -0.4 is 0 Å². The molecule has 4 aliphatic heterocycles. The molecule has 426 valence electrons. The van der Waals surface area contributed by atoms with Crippen molar-refractivity contribution in [3.8, 4) is 0 Å². The normalized spacial score (nSPS) is 31.9. The first-order valence-electron chi connectivity index (χ1n) is 28.4. The number of benzene rings is 4.